The summed E-state index contributed by atoms with van der Waals surface area (Å²) >= 11 is 0. The van der Waals surface area contributed by atoms with Crippen LogP contribution in [0.2, 0.25) is 0 Å². The molecule has 1 aliphatic rings. The number of piperazine rings is 1. The molecule has 0 aliphatic carbocycles. The van der Waals surface area contributed by atoms with Crippen LogP contribution < -0.4 is 0 Å². The Kier molecular flexibility index (Phi) is 6.99. The standard InChI is InChI=1S/C19H28N2O5/c1-19(2,3)26-18(24)20-9-10-21(17(23)11-20)16(12-22)14-25-13-15-7-5-4-6-8-15/h4-8,16,22H,9-14H2,1-3H3/t16-/m1/s1. The smallest absolute Gasteiger partial charge is 0.410 e. The maximum atomic E-state index is 12.4. The van der Waals surface area contributed by atoms with Crippen molar-refractivity contribution in [1.29, 1.82) is 0 Å². The lowest BCUT2D eigenvalue weighted by Gasteiger charge is -2.38. The number of nitrogens with zero attached hydrogens (tertiary/aromatic N) is 2. The molecular formula is C19H28N2O5. The fourth-order valence-electron chi connectivity index (χ4n) is 2.68. The molecule has 1 N–H and O–H groups in total. The van der Waals surface area contributed by atoms with E-state index in [-0.39, 0.29) is 25.7 Å². The number of aliphatic hydroxyl groups excluding tert-OH is 1. The number of hydrogen-bond acceptors (Lipinski definition) is 5. The van der Waals surface area contributed by atoms with Crippen molar-refractivity contribution in [2.24, 2.45) is 0 Å². The molecule has 0 saturated carbocycles. The van der Waals surface area contributed by atoms with Gasteiger partial charge < -0.3 is 19.5 Å². The molecule has 0 radical (unpaired) electrons. The molecule has 1 atom stereocenters. The maximum absolute atomic E-state index is 12.4. The number of carbonyl (C=O) groups excluding carboxylic acids is 2. The lowest BCUT2D eigenvalue weighted by molar-refractivity contribution is -0.141. The monoisotopic (exact) mass is 364 g/mol. The third-order valence-corrected chi connectivity index (χ3v) is 3.98. The molecule has 0 unspecified atom stereocenters. The van der Waals surface area contributed by atoms with Gasteiger partial charge in [-0.15, -0.1) is 0 Å². The second kappa shape index (κ2) is 9.00. The number of ether oxygens (including phenoxy) is 2. The van der Waals surface area contributed by atoms with Crippen LogP contribution in [0.5, 0.6) is 0 Å². The zero-order valence-electron chi connectivity index (χ0n) is 15.7. The second-order valence-corrected chi connectivity index (χ2v) is 7.33. The Morgan fingerprint density at radius 3 is 2.50 bits per heavy atom. The first kappa shape index (κ1) is 20.2. The number of aliphatic hydroxyl groups is 1. The van der Waals surface area contributed by atoms with E-state index in [1.54, 1.807) is 25.7 Å². The van der Waals surface area contributed by atoms with Gasteiger partial charge in [-0.25, -0.2) is 4.79 Å². The van der Waals surface area contributed by atoms with Crippen LogP contribution in [0.15, 0.2) is 30.3 Å². The van der Waals surface area contributed by atoms with Crippen molar-refractivity contribution in [3.63, 3.8) is 0 Å². The van der Waals surface area contributed by atoms with Crippen molar-refractivity contribution in [3.8, 4) is 0 Å². The Hall–Kier alpha value is -2.12. The van der Waals surface area contributed by atoms with Crippen LogP contribution in [0.25, 0.3) is 0 Å². The van der Waals surface area contributed by atoms with Crippen molar-refractivity contribution in [2.45, 2.75) is 39.0 Å². The molecule has 7 heteroatoms. The van der Waals surface area contributed by atoms with E-state index in [1.165, 1.54) is 4.90 Å². The summed E-state index contributed by atoms with van der Waals surface area (Å²) in [5, 5.41) is 9.64. The highest BCUT2D eigenvalue weighted by molar-refractivity contribution is 5.84. The first-order chi connectivity index (χ1) is 12.3. The van der Waals surface area contributed by atoms with E-state index < -0.39 is 17.7 Å². The van der Waals surface area contributed by atoms with Gasteiger partial charge in [-0.3, -0.25) is 9.69 Å². The van der Waals surface area contributed by atoms with Crippen LogP contribution in [0.4, 0.5) is 4.79 Å². The van der Waals surface area contributed by atoms with Crippen molar-refractivity contribution >= 4 is 12.0 Å². The van der Waals surface area contributed by atoms with Crippen LogP contribution >= 0.6 is 0 Å². The van der Waals surface area contributed by atoms with E-state index in [0.717, 1.165) is 5.56 Å². The Morgan fingerprint density at radius 2 is 1.92 bits per heavy atom. The number of amides is 2. The summed E-state index contributed by atoms with van der Waals surface area (Å²) in [6.07, 6.45) is -0.494. The SMILES string of the molecule is CC(C)(C)OC(=O)N1CCN([C@H](CO)COCc2ccccc2)C(=O)C1. The Bertz CT molecular complexity index is 600. The molecule has 7 nitrogen and oxygen atoms in total. The van der Waals surface area contributed by atoms with Gasteiger partial charge in [0.2, 0.25) is 5.91 Å². The molecule has 1 aromatic rings. The van der Waals surface area contributed by atoms with E-state index >= 15 is 0 Å². The predicted molar refractivity (Wildman–Crippen MR) is 96.5 cm³/mol. The first-order valence-electron chi connectivity index (χ1n) is 8.80. The average Bonchev–Trinajstić information content (AvgIpc) is 2.58. The minimum absolute atomic E-state index is 0.0515. The van der Waals surface area contributed by atoms with Crippen molar-refractivity contribution in [3.05, 3.63) is 35.9 Å². The molecule has 1 fully saturated rings. The first-order valence-corrected chi connectivity index (χ1v) is 8.80. The third kappa shape index (κ3) is 6.00. The largest absolute Gasteiger partial charge is 0.444 e. The molecule has 26 heavy (non-hydrogen) atoms. The van der Waals surface area contributed by atoms with E-state index in [9.17, 15) is 14.7 Å². The van der Waals surface area contributed by atoms with Crippen molar-refractivity contribution < 1.29 is 24.2 Å². The molecule has 1 aromatic carbocycles. The molecule has 2 amide bonds. The van der Waals surface area contributed by atoms with Crippen LogP contribution in [0.3, 0.4) is 0 Å². The summed E-state index contributed by atoms with van der Waals surface area (Å²) in [5.41, 5.74) is 0.432. The van der Waals surface area contributed by atoms with Crippen LogP contribution in [-0.2, 0) is 20.9 Å². The van der Waals surface area contributed by atoms with Gasteiger partial charge in [0.25, 0.3) is 0 Å². The molecule has 144 valence electrons. The van der Waals surface area contributed by atoms with Crippen LogP contribution in [-0.4, -0.2) is 71.4 Å². The number of hydrogen-bond donors (Lipinski definition) is 1. The third-order valence-electron chi connectivity index (χ3n) is 3.98. The fourth-order valence-corrected chi connectivity index (χ4v) is 2.68. The molecule has 1 heterocycles. The topological polar surface area (TPSA) is 79.3 Å². The summed E-state index contributed by atoms with van der Waals surface area (Å²) in [6, 6.07) is 9.29. The van der Waals surface area contributed by atoms with E-state index in [1.807, 2.05) is 30.3 Å². The molecule has 1 aliphatic heterocycles. The lowest BCUT2D eigenvalue weighted by Crippen LogP contribution is -2.57. The van der Waals surface area contributed by atoms with Crippen LogP contribution in [0.1, 0.15) is 26.3 Å². The summed E-state index contributed by atoms with van der Waals surface area (Å²) in [7, 11) is 0. The van der Waals surface area contributed by atoms with Gasteiger partial charge in [0.05, 0.1) is 25.9 Å². The van der Waals surface area contributed by atoms with Gasteiger partial charge in [-0.05, 0) is 26.3 Å². The normalized spacial score (nSPS) is 16.5. The molecule has 2 rings (SSSR count). The minimum Gasteiger partial charge on any atom is -0.444 e. The van der Waals surface area contributed by atoms with Crippen LogP contribution in [0, 0.1) is 0 Å². The summed E-state index contributed by atoms with van der Waals surface area (Å²) in [4.78, 5) is 27.5. The highest BCUT2D eigenvalue weighted by Gasteiger charge is 2.33. The zero-order valence-corrected chi connectivity index (χ0v) is 15.7. The Balaban J connectivity index is 1.84. The molecule has 0 bridgehead atoms. The minimum atomic E-state index is -0.601. The lowest BCUT2D eigenvalue weighted by atomic mass is 10.2. The van der Waals surface area contributed by atoms with Gasteiger partial charge >= 0.3 is 6.09 Å². The Labute approximate surface area is 154 Å². The van der Waals surface area contributed by atoms with Gasteiger partial charge in [-0.2, -0.15) is 0 Å². The number of carbonyl (C=O) groups is 2. The summed E-state index contributed by atoms with van der Waals surface area (Å²) in [5.74, 6) is -0.218. The van der Waals surface area contributed by atoms with Gasteiger partial charge in [0.15, 0.2) is 0 Å². The average molecular weight is 364 g/mol. The molecule has 0 aromatic heterocycles. The van der Waals surface area contributed by atoms with Gasteiger partial charge in [0, 0.05) is 13.1 Å². The van der Waals surface area contributed by atoms with Crippen molar-refractivity contribution in [2.75, 3.05) is 32.8 Å². The maximum Gasteiger partial charge on any atom is 0.410 e. The second-order valence-electron chi connectivity index (χ2n) is 7.33. The molecule has 1 saturated heterocycles. The quantitative estimate of drug-likeness (QED) is 0.830. The number of benzene rings is 1. The highest BCUT2D eigenvalue weighted by atomic mass is 16.6. The van der Waals surface area contributed by atoms with E-state index in [4.69, 9.17) is 9.47 Å². The van der Waals surface area contributed by atoms with Crippen molar-refractivity contribution in [1.82, 2.24) is 9.80 Å². The number of rotatable bonds is 6. The van der Waals surface area contributed by atoms with Gasteiger partial charge in [0.1, 0.15) is 12.1 Å². The van der Waals surface area contributed by atoms with Gasteiger partial charge in [-0.1, -0.05) is 30.3 Å². The zero-order chi connectivity index (χ0) is 19.2. The van der Waals surface area contributed by atoms with E-state index in [0.29, 0.717) is 19.7 Å². The predicted octanol–water partition coefficient (Wildman–Crippen LogP) is 1.64. The Morgan fingerprint density at radius 1 is 1.23 bits per heavy atom. The highest BCUT2D eigenvalue weighted by Crippen LogP contribution is 2.14. The molecular weight excluding hydrogens is 336 g/mol. The fraction of sp³-hybridized carbons (Fsp3) is 0.579. The molecule has 0 spiro atoms. The summed E-state index contributed by atoms with van der Waals surface area (Å²) < 4.78 is 11.0. The summed E-state index contributed by atoms with van der Waals surface area (Å²) in [6.45, 7) is 6.50. The van der Waals surface area contributed by atoms with E-state index in [2.05, 4.69) is 0 Å².